The van der Waals surface area contributed by atoms with Gasteiger partial charge in [-0.2, -0.15) is 9.97 Å². The van der Waals surface area contributed by atoms with Gasteiger partial charge in [0.2, 0.25) is 17.2 Å². The van der Waals surface area contributed by atoms with Crippen molar-refractivity contribution in [2.75, 3.05) is 11.1 Å². The number of nitrogens with one attached hydrogen (secondary N) is 2. The predicted molar refractivity (Wildman–Crippen MR) is 107 cm³/mol. The molecule has 10 nitrogen and oxygen atoms in total. The summed E-state index contributed by atoms with van der Waals surface area (Å²) in [5.41, 5.74) is 8.39. The lowest BCUT2D eigenvalue weighted by molar-refractivity contribution is 0.548. The van der Waals surface area contributed by atoms with Crippen LogP contribution in [-0.2, 0) is 17.8 Å². The van der Waals surface area contributed by atoms with Crippen molar-refractivity contribution in [3.05, 3.63) is 46.6 Å². The molecule has 0 aromatic carbocycles. The monoisotopic (exact) mass is 420 g/mol. The maximum Gasteiger partial charge on any atom is 0.232 e. The van der Waals surface area contributed by atoms with Gasteiger partial charge in [-0.1, -0.05) is 11.6 Å². The third-order valence-corrected chi connectivity index (χ3v) is 4.30. The third kappa shape index (κ3) is 4.95. The summed E-state index contributed by atoms with van der Waals surface area (Å²) in [6.07, 6.45) is 3.12. The summed E-state index contributed by atoms with van der Waals surface area (Å²) in [6, 6.07) is 3.47. The zero-order chi connectivity index (χ0) is 20.3. The standard InChI is InChI=1S/C16H17ClN8O2S/c1-8-10(5-21-28(26)27)3-12(7-19-8)24-14-13(4-11(17)6-20-14)15-22-9(2)23-16(18)25-15/h3-4,6-7,21H,5H2,1-2H3,(H,20,24)(H,26,27)(H2,18,22,23,25). The van der Waals surface area contributed by atoms with E-state index in [0.29, 0.717) is 33.7 Å². The molecule has 5 N–H and O–H groups in total. The van der Waals surface area contributed by atoms with Crippen molar-refractivity contribution < 1.29 is 8.76 Å². The number of hydrogen-bond acceptors (Lipinski definition) is 8. The maximum absolute atomic E-state index is 10.9. The second-order valence-electron chi connectivity index (χ2n) is 5.78. The molecule has 0 radical (unpaired) electrons. The van der Waals surface area contributed by atoms with Gasteiger partial charge in [-0.25, -0.2) is 18.9 Å². The number of aryl methyl sites for hydroxylation is 2. The Morgan fingerprint density at radius 1 is 1.18 bits per heavy atom. The topological polar surface area (TPSA) is 152 Å². The molecule has 3 rings (SSSR count). The molecule has 1 unspecified atom stereocenters. The van der Waals surface area contributed by atoms with E-state index in [4.69, 9.17) is 21.9 Å². The first-order valence-corrected chi connectivity index (χ1v) is 9.51. The molecule has 0 aliphatic carbocycles. The summed E-state index contributed by atoms with van der Waals surface area (Å²) >= 11 is 3.99. The average Bonchev–Trinajstić information content (AvgIpc) is 2.62. The van der Waals surface area contributed by atoms with E-state index < -0.39 is 11.3 Å². The highest BCUT2D eigenvalue weighted by atomic mass is 35.5. The molecule has 28 heavy (non-hydrogen) atoms. The van der Waals surface area contributed by atoms with Gasteiger partial charge >= 0.3 is 0 Å². The fourth-order valence-corrected chi connectivity index (χ4v) is 2.87. The molecule has 0 amide bonds. The molecule has 146 valence electrons. The Kier molecular flexibility index (Phi) is 6.09. The molecule has 0 spiro atoms. The van der Waals surface area contributed by atoms with Gasteiger partial charge in [0, 0.05) is 18.4 Å². The third-order valence-electron chi connectivity index (χ3n) is 3.70. The lowest BCUT2D eigenvalue weighted by Crippen LogP contribution is -2.16. The van der Waals surface area contributed by atoms with E-state index in [0.717, 1.165) is 11.3 Å². The molecule has 0 fully saturated rings. The van der Waals surface area contributed by atoms with Gasteiger partial charge in [-0.15, -0.1) is 0 Å². The number of nitrogens with zero attached hydrogens (tertiary/aromatic N) is 5. The number of nitrogens with two attached hydrogens (primary N) is 1. The minimum Gasteiger partial charge on any atom is -0.368 e. The second-order valence-corrected chi connectivity index (χ2v) is 7.00. The quantitative estimate of drug-likeness (QED) is 0.439. The Hall–Kier alpha value is -2.73. The zero-order valence-electron chi connectivity index (χ0n) is 15.0. The number of pyridine rings is 2. The molecule has 0 saturated heterocycles. The van der Waals surface area contributed by atoms with Crippen molar-refractivity contribution in [3.63, 3.8) is 0 Å². The number of aromatic nitrogens is 5. The van der Waals surface area contributed by atoms with Gasteiger partial charge in [0.25, 0.3) is 0 Å². The summed E-state index contributed by atoms with van der Waals surface area (Å²) in [6.45, 7) is 3.70. The van der Waals surface area contributed by atoms with Gasteiger partial charge in [-0.3, -0.25) is 9.54 Å². The van der Waals surface area contributed by atoms with Crippen LogP contribution in [0.3, 0.4) is 0 Å². The molecule has 0 bridgehead atoms. The molecule has 3 aromatic rings. The van der Waals surface area contributed by atoms with E-state index >= 15 is 0 Å². The predicted octanol–water partition coefficient (Wildman–Crippen LogP) is 2.15. The van der Waals surface area contributed by atoms with Crippen LogP contribution in [-0.4, -0.2) is 33.7 Å². The van der Waals surface area contributed by atoms with Crippen molar-refractivity contribution in [1.82, 2.24) is 29.6 Å². The van der Waals surface area contributed by atoms with Crippen molar-refractivity contribution in [3.8, 4) is 11.4 Å². The van der Waals surface area contributed by atoms with E-state index in [9.17, 15) is 4.21 Å². The Morgan fingerprint density at radius 3 is 2.68 bits per heavy atom. The highest BCUT2D eigenvalue weighted by Crippen LogP contribution is 2.29. The molecule has 0 saturated carbocycles. The van der Waals surface area contributed by atoms with E-state index in [1.807, 2.05) is 6.92 Å². The SMILES string of the molecule is Cc1nc(N)nc(-c2cc(Cl)cnc2Nc2cnc(C)c(CNS(=O)O)c2)n1. The minimum atomic E-state index is -2.11. The van der Waals surface area contributed by atoms with Crippen LogP contribution in [0.1, 0.15) is 17.1 Å². The summed E-state index contributed by atoms with van der Waals surface area (Å²) < 4.78 is 22.2. The normalized spacial score (nSPS) is 12.0. The maximum atomic E-state index is 10.9. The van der Waals surface area contributed by atoms with E-state index in [1.54, 1.807) is 25.3 Å². The van der Waals surface area contributed by atoms with Gasteiger partial charge in [0.15, 0.2) is 5.82 Å². The first-order valence-electron chi connectivity index (χ1n) is 8.03. The molecule has 3 aromatic heterocycles. The summed E-state index contributed by atoms with van der Waals surface area (Å²) in [4.78, 5) is 21.1. The lowest BCUT2D eigenvalue weighted by Gasteiger charge is -2.13. The fourth-order valence-electron chi connectivity index (χ4n) is 2.43. The van der Waals surface area contributed by atoms with Crippen molar-refractivity contribution in [2.24, 2.45) is 0 Å². The Balaban J connectivity index is 1.97. The molecular weight excluding hydrogens is 404 g/mol. The van der Waals surface area contributed by atoms with Crippen LogP contribution >= 0.6 is 11.6 Å². The van der Waals surface area contributed by atoms with Crippen molar-refractivity contribution in [2.45, 2.75) is 20.4 Å². The molecular formula is C16H17ClN8O2S. The van der Waals surface area contributed by atoms with Gasteiger partial charge < -0.3 is 11.1 Å². The van der Waals surface area contributed by atoms with Crippen LogP contribution in [0.25, 0.3) is 11.4 Å². The molecule has 12 heteroatoms. The van der Waals surface area contributed by atoms with Crippen molar-refractivity contribution >= 4 is 40.3 Å². The summed E-state index contributed by atoms with van der Waals surface area (Å²) in [5, 5.41) is 3.56. The highest BCUT2D eigenvalue weighted by Gasteiger charge is 2.14. The van der Waals surface area contributed by atoms with Crippen LogP contribution in [0.2, 0.25) is 5.02 Å². The first-order chi connectivity index (χ1) is 13.3. The van der Waals surface area contributed by atoms with Crippen LogP contribution in [0.15, 0.2) is 24.5 Å². The Bertz CT molecular complexity index is 1030. The molecule has 0 aliphatic heterocycles. The van der Waals surface area contributed by atoms with Gasteiger partial charge in [0.05, 0.1) is 22.5 Å². The van der Waals surface area contributed by atoms with Gasteiger partial charge in [-0.05, 0) is 31.5 Å². The van der Waals surface area contributed by atoms with Crippen LogP contribution in [0.4, 0.5) is 17.5 Å². The van der Waals surface area contributed by atoms with E-state index in [2.05, 4.69) is 35.0 Å². The number of halogens is 1. The number of hydrogen-bond donors (Lipinski definition) is 4. The molecule has 1 atom stereocenters. The number of anilines is 3. The first kappa shape index (κ1) is 20.0. The Labute approximate surface area is 168 Å². The average molecular weight is 421 g/mol. The zero-order valence-corrected chi connectivity index (χ0v) is 16.5. The minimum absolute atomic E-state index is 0.0933. The largest absolute Gasteiger partial charge is 0.368 e. The van der Waals surface area contributed by atoms with E-state index in [1.165, 1.54) is 6.20 Å². The number of nitrogen functional groups attached to an aromatic ring is 1. The van der Waals surface area contributed by atoms with Crippen molar-refractivity contribution in [1.29, 1.82) is 0 Å². The fraction of sp³-hybridized carbons (Fsp3) is 0.188. The second kappa shape index (κ2) is 8.52. The molecule has 3 heterocycles. The Morgan fingerprint density at radius 2 is 1.96 bits per heavy atom. The van der Waals surface area contributed by atoms with Gasteiger partial charge in [0.1, 0.15) is 11.6 Å². The molecule has 0 aliphatic rings. The lowest BCUT2D eigenvalue weighted by atomic mass is 10.2. The highest BCUT2D eigenvalue weighted by molar-refractivity contribution is 7.77. The van der Waals surface area contributed by atoms with Crippen LogP contribution in [0.5, 0.6) is 0 Å². The smallest absolute Gasteiger partial charge is 0.232 e. The summed E-state index contributed by atoms with van der Waals surface area (Å²) in [5.74, 6) is 1.34. The summed E-state index contributed by atoms with van der Waals surface area (Å²) in [7, 11) is 0. The number of rotatable bonds is 6. The van der Waals surface area contributed by atoms with Crippen LogP contribution < -0.4 is 15.8 Å². The van der Waals surface area contributed by atoms with E-state index in [-0.39, 0.29) is 12.5 Å². The van der Waals surface area contributed by atoms with Crippen LogP contribution in [0, 0.1) is 13.8 Å².